The van der Waals surface area contributed by atoms with Gasteiger partial charge in [0.25, 0.3) is 0 Å². The maximum atomic E-state index is 12.8. The number of benzene rings is 1. The molecule has 156 valence electrons. The van der Waals surface area contributed by atoms with Gasteiger partial charge in [-0.1, -0.05) is 29.5 Å². The standard InChI is InChI=1S/C22H31N5OS/c1-17-9-11-19(12-10-17)27-21(25-13-5-3-6-14-25)23-24-22(27)29-16-20(28)26-15-7-4-8-18(26)2/h9-12,18H,3-8,13-16H2,1-2H3. The number of likely N-dealkylation sites (tertiary alicyclic amines) is 1. The van der Waals surface area contributed by atoms with Gasteiger partial charge in [0, 0.05) is 25.7 Å². The van der Waals surface area contributed by atoms with Crippen LogP contribution in [0.5, 0.6) is 0 Å². The molecule has 0 N–H and O–H groups in total. The number of aromatic nitrogens is 3. The highest BCUT2D eigenvalue weighted by atomic mass is 32.2. The topological polar surface area (TPSA) is 54.3 Å². The molecule has 1 atom stereocenters. The lowest BCUT2D eigenvalue weighted by Crippen LogP contribution is -2.43. The van der Waals surface area contributed by atoms with Crippen molar-refractivity contribution < 1.29 is 4.79 Å². The largest absolute Gasteiger partial charge is 0.341 e. The number of hydrogen-bond acceptors (Lipinski definition) is 5. The summed E-state index contributed by atoms with van der Waals surface area (Å²) in [6.45, 7) is 7.16. The van der Waals surface area contributed by atoms with E-state index in [1.54, 1.807) is 0 Å². The molecule has 2 saturated heterocycles. The molecule has 0 radical (unpaired) electrons. The van der Waals surface area contributed by atoms with Crippen molar-refractivity contribution in [1.29, 1.82) is 0 Å². The Balaban J connectivity index is 1.56. The molecule has 2 aliphatic heterocycles. The molecular formula is C22H31N5OS. The van der Waals surface area contributed by atoms with E-state index in [1.807, 2.05) is 4.90 Å². The summed E-state index contributed by atoms with van der Waals surface area (Å²) in [5, 5.41) is 9.83. The molecule has 2 aromatic rings. The van der Waals surface area contributed by atoms with Crippen molar-refractivity contribution in [3.8, 4) is 5.69 Å². The van der Waals surface area contributed by atoms with Crippen LogP contribution in [0.25, 0.3) is 5.69 Å². The Morgan fingerprint density at radius 1 is 1.03 bits per heavy atom. The van der Waals surface area contributed by atoms with Crippen molar-refractivity contribution >= 4 is 23.6 Å². The van der Waals surface area contributed by atoms with E-state index in [9.17, 15) is 4.79 Å². The lowest BCUT2D eigenvalue weighted by atomic mass is 10.0. The summed E-state index contributed by atoms with van der Waals surface area (Å²) < 4.78 is 2.13. The molecule has 2 fully saturated rings. The van der Waals surface area contributed by atoms with E-state index >= 15 is 0 Å². The highest BCUT2D eigenvalue weighted by molar-refractivity contribution is 7.99. The predicted octanol–water partition coefficient (Wildman–Crippen LogP) is 4.06. The molecule has 29 heavy (non-hydrogen) atoms. The van der Waals surface area contributed by atoms with Gasteiger partial charge in [-0.3, -0.25) is 9.36 Å². The molecule has 0 bridgehead atoms. The Morgan fingerprint density at radius 2 is 1.76 bits per heavy atom. The van der Waals surface area contributed by atoms with E-state index in [-0.39, 0.29) is 5.91 Å². The highest BCUT2D eigenvalue weighted by Gasteiger charge is 2.25. The molecule has 6 nitrogen and oxygen atoms in total. The third kappa shape index (κ3) is 4.60. The van der Waals surface area contributed by atoms with E-state index < -0.39 is 0 Å². The first-order chi connectivity index (χ1) is 14.1. The van der Waals surface area contributed by atoms with Crippen LogP contribution in [0.1, 0.15) is 51.0 Å². The van der Waals surface area contributed by atoms with Gasteiger partial charge < -0.3 is 9.80 Å². The third-order valence-corrected chi connectivity index (χ3v) is 6.91. The summed E-state index contributed by atoms with van der Waals surface area (Å²) in [6.07, 6.45) is 7.09. The number of carbonyl (C=O) groups is 1. The maximum absolute atomic E-state index is 12.8. The average Bonchev–Trinajstić information content (AvgIpc) is 3.17. The fraction of sp³-hybridized carbons (Fsp3) is 0.591. The molecule has 0 spiro atoms. The molecule has 0 aliphatic carbocycles. The zero-order valence-corrected chi connectivity index (χ0v) is 18.3. The number of carbonyl (C=O) groups excluding carboxylic acids is 1. The first-order valence-corrected chi connectivity index (χ1v) is 11.8. The zero-order chi connectivity index (χ0) is 20.2. The number of rotatable bonds is 5. The lowest BCUT2D eigenvalue weighted by Gasteiger charge is -2.33. The molecule has 0 saturated carbocycles. The van der Waals surface area contributed by atoms with Crippen LogP contribution in [0.15, 0.2) is 29.4 Å². The van der Waals surface area contributed by atoms with Gasteiger partial charge in [-0.2, -0.15) is 0 Å². The predicted molar refractivity (Wildman–Crippen MR) is 118 cm³/mol. The van der Waals surface area contributed by atoms with Crippen LogP contribution in [0.4, 0.5) is 5.95 Å². The van der Waals surface area contributed by atoms with Gasteiger partial charge >= 0.3 is 0 Å². The summed E-state index contributed by atoms with van der Waals surface area (Å²) in [6, 6.07) is 8.81. The van der Waals surface area contributed by atoms with Gasteiger partial charge in [0.05, 0.1) is 11.4 Å². The SMILES string of the molecule is Cc1ccc(-n2c(SCC(=O)N3CCCCC3C)nnc2N2CCCCC2)cc1. The van der Waals surface area contributed by atoms with E-state index in [2.05, 4.69) is 57.8 Å². The summed E-state index contributed by atoms with van der Waals surface area (Å²) in [5.74, 6) is 1.52. The maximum Gasteiger partial charge on any atom is 0.233 e. The van der Waals surface area contributed by atoms with Crippen LogP contribution >= 0.6 is 11.8 Å². The fourth-order valence-electron chi connectivity index (χ4n) is 4.25. The Hall–Kier alpha value is -2.02. The fourth-order valence-corrected chi connectivity index (χ4v) is 5.09. The minimum Gasteiger partial charge on any atom is -0.341 e. The summed E-state index contributed by atoms with van der Waals surface area (Å²) in [4.78, 5) is 17.2. The second-order valence-corrected chi connectivity index (χ2v) is 9.16. The van der Waals surface area contributed by atoms with Crippen LogP contribution in [-0.4, -0.2) is 57.0 Å². The Kier molecular flexibility index (Phi) is 6.43. The summed E-state index contributed by atoms with van der Waals surface area (Å²) in [7, 11) is 0. The van der Waals surface area contributed by atoms with E-state index in [4.69, 9.17) is 0 Å². The van der Waals surface area contributed by atoms with E-state index in [1.165, 1.54) is 43.0 Å². The Morgan fingerprint density at radius 3 is 2.48 bits per heavy atom. The smallest absolute Gasteiger partial charge is 0.233 e. The van der Waals surface area contributed by atoms with Gasteiger partial charge in [0.15, 0.2) is 5.16 Å². The number of amides is 1. The van der Waals surface area contributed by atoms with Crippen molar-refractivity contribution in [1.82, 2.24) is 19.7 Å². The third-order valence-electron chi connectivity index (χ3n) is 6.00. The summed E-state index contributed by atoms with van der Waals surface area (Å²) in [5.41, 5.74) is 2.28. The van der Waals surface area contributed by atoms with E-state index in [0.717, 1.165) is 49.3 Å². The number of aryl methyl sites for hydroxylation is 1. The highest BCUT2D eigenvalue weighted by Crippen LogP contribution is 2.29. The lowest BCUT2D eigenvalue weighted by molar-refractivity contribution is -0.131. The first-order valence-electron chi connectivity index (χ1n) is 10.8. The first kappa shape index (κ1) is 20.3. The van der Waals surface area contributed by atoms with Gasteiger partial charge in [0.1, 0.15) is 0 Å². The van der Waals surface area contributed by atoms with Crippen LogP contribution in [0.3, 0.4) is 0 Å². The molecule has 1 unspecified atom stereocenters. The average molecular weight is 414 g/mol. The van der Waals surface area contributed by atoms with Gasteiger partial charge in [-0.25, -0.2) is 0 Å². The monoisotopic (exact) mass is 413 g/mol. The number of nitrogens with zero attached hydrogens (tertiary/aromatic N) is 5. The molecule has 4 rings (SSSR count). The Labute approximate surface area is 177 Å². The second kappa shape index (κ2) is 9.20. The molecule has 7 heteroatoms. The molecule has 2 aliphatic rings. The van der Waals surface area contributed by atoms with Crippen LogP contribution < -0.4 is 4.90 Å². The van der Waals surface area contributed by atoms with Gasteiger partial charge in [0.2, 0.25) is 11.9 Å². The molecular weight excluding hydrogens is 382 g/mol. The van der Waals surface area contributed by atoms with Crippen molar-refractivity contribution in [2.24, 2.45) is 0 Å². The van der Waals surface area contributed by atoms with Crippen LogP contribution in [-0.2, 0) is 4.79 Å². The van der Waals surface area contributed by atoms with Crippen molar-refractivity contribution in [2.75, 3.05) is 30.3 Å². The number of anilines is 1. The normalized spacial score (nSPS) is 20.1. The number of thioether (sulfide) groups is 1. The minimum absolute atomic E-state index is 0.208. The quantitative estimate of drug-likeness (QED) is 0.692. The van der Waals surface area contributed by atoms with Crippen molar-refractivity contribution in [3.05, 3.63) is 29.8 Å². The zero-order valence-electron chi connectivity index (χ0n) is 17.5. The van der Waals surface area contributed by atoms with E-state index in [0.29, 0.717) is 11.8 Å². The number of hydrogen-bond donors (Lipinski definition) is 0. The Bertz CT molecular complexity index is 828. The van der Waals surface area contributed by atoms with Gasteiger partial charge in [-0.05, 0) is 64.5 Å². The molecule has 3 heterocycles. The minimum atomic E-state index is 0.208. The second-order valence-electron chi connectivity index (χ2n) is 8.22. The number of piperidine rings is 2. The molecule has 1 amide bonds. The van der Waals surface area contributed by atoms with Crippen LogP contribution in [0, 0.1) is 6.92 Å². The van der Waals surface area contributed by atoms with Gasteiger partial charge in [-0.15, -0.1) is 10.2 Å². The molecule has 1 aromatic heterocycles. The van der Waals surface area contributed by atoms with Crippen molar-refractivity contribution in [3.63, 3.8) is 0 Å². The van der Waals surface area contributed by atoms with Crippen LogP contribution in [0.2, 0.25) is 0 Å². The van der Waals surface area contributed by atoms with Crippen molar-refractivity contribution in [2.45, 2.75) is 63.6 Å². The summed E-state index contributed by atoms with van der Waals surface area (Å²) >= 11 is 1.51. The molecule has 1 aromatic carbocycles.